The lowest BCUT2D eigenvalue weighted by Gasteiger charge is -1.89. The Kier molecular flexibility index (Phi) is 3.37. The van der Waals surface area contributed by atoms with Gasteiger partial charge in [0.2, 0.25) is 0 Å². The molecular formula is C2H5BrClN. The van der Waals surface area contributed by atoms with Crippen LogP contribution in [0.5, 0.6) is 0 Å². The zero-order valence-corrected chi connectivity index (χ0v) is 5.18. The van der Waals surface area contributed by atoms with Crippen LogP contribution < -0.4 is 5.32 Å². The summed E-state index contributed by atoms with van der Waals surface area (Å²) < 4.78 is -0.0810. The van der Waals surface area contributed by atoms with Gasteiger partial charge in [0.1, 0.15) is 4.41 Å². The Morgan fingerprint density at radius 2 is 2.20 bits per heavy atom. The van der Waals surface area contributed by atoms with E-state index < -0.39 is 0 Å². The smallest absolute Gasteiger partial charge is 0.138 e. The Labute approximate surface area is 44.8 Å². The largest absolute Gasteiger partial charge is 0.295 e. The molecule has 1 N–H and O–H groups in total. The van der Waals surface area contributed by atoms with Crippen LogP contribution in [0.3, 0.4) is 0 Å². The minimum absolute atomic E-state index is 0.0810. The van der Waals surface area contributed by atoms with E-state index >= 15 is 0 Å². The standard InChI is InChI=1S/C2H5BrClN/c1-5-2(3)4/h2,5H,1H3. The summed E-state index contributed by atoms with van der Waals surface area (Å²) in [5, 5.41) is 2.71. The molecule has 0 aromatic carbocycles. The van der Waals surface area contributed by atoms with E-state index in [4.69, 9.17) is 11.6 Å². The van der Waals surface area contributed by atoms with Crippen molar-refractivity contribution in [2.24, 2.45) is 0 Å². The molecule has 0 aromatic heterocycles. The second-order valence-electron chi connectivity index (χ2n) is 0.589. The highest BCUT2D eigenvalue weighted by Crippen LogP contribution is 1.95. The van der Waals surface area contributed by atoms with Gasteiger partial charge in [0.25, 0.3) is 0 Å². The van der Waals surface area contributed by atoms with Gasteiger partial charge >= 0.3 is 0 Å². The number of hydrogen-bond donors (Lipinski definition) is 1. The zero-order chi connectivity index (χ0) is 4.28. The van der Waals surface area contributed by atoms with Gasteiger partial charge in [-0.2, -0.15) is 0 Å². The van der Waals surface area contributed by atoms with Crippen LogP contribution >= 0.6 is 27.5 Å². The third-order valence-corrected chi connectivity index (χ3v) is 0.894. The van der Waals surface area contributed by atoms with Crippen LogP contribution in [0.25, 0.3) is 0 Å². The molecule has 1 atom stereocenters. The molecule has 0 saturated heterocycles. The Morgan fingerprint density at radius 1 is 2.00 bits per heavy atom. The van der Waals surface area contributed by atoms with Crippen molar-refractivity contribution in [1.29, 1.82) is 0 Å². The maximum Gasteiger partial charge on any atom is 0.138 e. The molecule has 0 aliphatic carbocycles. The van der Waals surface area contributed by atoms with Crippen molar-refractivity contribution in [3.8, 4) is 0 Å². The van der Waals surface area contributed by atoms with Gasteiger partial charge in [-0.15, -0.1) is 0 Å². The summed E-state index contributed by atoms with van der Waals surface area (Å²) in [6, 6.07) is 0. The molecule has 0 aromatic rings. The second kappa shape index (κ2) is 2.94. The minimum atomic E-state index is -0.0810. The van der Waals surface area contributed by atoms with E-state index in [2.05, 4.69) is 21.2 Å². The maximum atomic E-state index is 5.27. The fraction of sp³-hybridized carbons (Fsp3) is 1.00. The molecule has 0 aliphatic rings. The van der Waals surface area contributed by atoms with Crippen molar-refractivity contribution in [3.05, 3.63) is 0 Å². The first kappa shape index (κ1) is 5.73. The first-order valence-electron chi connectivity index (χ1n) is 1.23. The maximum absolute atomic E-state index is 5.27. The Bertz CT molecular complexity index is 23.6. The van der Waals surface area contributed by atoms with Crippen LogP contribution in [0.15, 0.2) is 0 Å². The van der Waals surface area contributed by atoms with Crippen molar-refractivity contribution in [3.63, 3.8) is 0 Å². The summed E-state index contributed by atoms with van der Waals surface area (Å²) in [5.74, 6) is 0. The quantitative estimate of drug-likeness (QED) is 0.445. The predicted molar refractivity (Wildman–Crippen MR) is 27.6 cm³/mol. The molecule has 0 aliphatic heterocycles. The van der Waals surface area contributed by atoms with E-state index in [-0.39, 0.29) is 4.41 Å². The molecular weight excluding hydrogens is 153 g/mol. The van der Waals surface area contributed by atoms with Crippen molar-refractivity contribution >= 4 is 27.5 Å². The SMILES string of the molecule is CNC(Cl)Br. The van der Waals surface area contributed by atoms with E-state index in [1.807, 2.05) is 0 Å². The summed E-state index contributed by atoms with van der Waals surface area (Å²) in [4.78, 5) is 0. The van der Waals surface area contributed by atoms with Gasteiger partial charge in [0.05, 0.1) is 0 Å². The Hall–Kier alpha value is 0.730. The molecule has 0 bridgehead atoms. The number of halogens is 2. The van der Waals surface area contributed by atoms with E-state index in [0.29, 0.717) is 0 Å². The van der Waals surface area contributed by atoms with Crippen LogP contribution in [0.1, 0.15) is 0 Å². The van der Waals surface area contributed by atoms with E-state index in [1.54, 1.807) is 7.05 Å². The van der Waals surface area contributed by atoms with Gasteiger partial charge in [0, 0.05) is 0 Å². The number of rotatable bonds is 1. The lowest BCUT2D eigenvalue weighted by atomic mass is 11.3. The second-order valence-corrected chi connectivity index (χ2v) is 2.47. The van der Waals surface area contributed by atoms with Crippen LogP contribution in [0, 0.1) is 0 Å². The van der Waals surface area contributed by atoms with Crippen LogP contribution in [-0.2, 0) is 0 Å². The number of hydrogen-bond acceptors (Lipinski definition) is 1. The fourth-order valence-corrected chi connectivity index (χ4v) is 0. The lowest BCUT2D eigenvalue weighted by molar-refractivity contribution is 0.939. The van der Waals surface area contributed by atoms with Gasteiger partial charge in [-0.1, -0.05) is 27.5 Å². The van der Waals surface area contributed by atoms with Gasteiger partial charge in [-0.25, -0.2) is 0 Å². The van der Waals surface area contributed by atoms with Crippen LogP contribution in [0.2, 0.25) is 0 Å². The highest BCUT2D eigenvalue weighted by molar-refractivity contribution is 9.10. The molecule has 1 unspecified atom stereocenters. The van der Waals surface area contributed by atoms with E-state index in [1.165, 1.54) is 0 Å². The predicted octanol–water partition coefficient (Wildman–Crippen LogP) is 1.12. The molecule has 0 fully saturated rings. The zero-order valence-electron chi connectivity index (χ0n) is 2.83. The normalized spacial score (nSPS) is 15.0. The Morgan fingerprint density at radius 3 is 2.20 bits per heavy atom. The monoisotopic (exact) mass is 157 g/mol. The van der Waals surface area contributed by atoms with E-state index in [0.717, 1.165) is 0 Å². The highest BCUT2D eigenvalue weighted by atomic mass is 79.9. The average molecular weight is 158 g/mol. The van der Waals surface area contributed by atoms with Crippen molar-refractivity contribution in [2.75, 3.05) is 7.05 Å². The molecule has 1 nitrogen and oxygen atoms in total. The average Bonchev–Trinajstić information content (AvgIpc) is 1.38. The first-order chi connectivity index (χ1) is 2.27. The van der Waals surface area contributed by atoms with Gasteiger partial charge < -0.3 is 0 Å². The van der Waals surface area contributed by atoms with Crippen molar-refractivity contribution in [1.82, 2.24) is 5.32 Å². The van der Waals surface area contributed by atoms with Crippen molar-refractivity contribution < 1.29 is 0 Å². The highest BCUT2D eigenvalue weighted by Gasteiger charge is 1.83. The molecule has 32 valence electrons. The molecule has 0 rings (SSSR count). The Balaban J connectivity index is 2.54. The summed E-state index contributed by atoms with van der Waals surface area (Å²) in [6.07, 6.45) is 0. The molecule has 0 heterocycles. The van der Waals surface area contributed by atoms with Gasteiger partial charge in [-0.3, -0.25) is 5.32 Å². The topological polar surface area (TPSA) is 12.0 Å². The summed E-state index contributed by atoms with van der Waals surface area (Å²) >= 11 is 8.30. The molecule has 0 radical (unpaired) electrons. The molecule has 0 spiro atoms. The minimum Gasteiger partial charge on any atom is -0.295 e. The van der Waals surface area contributed by atoms with Gasteiger partial charge in [0.15, 0.2) is 0 Å². The van der Waals surface area contributed by atoms with E-state index in [9.17, 15) is 0 Å². The molecule has 0 amide bonds. The third-order valence-electron chi connectivity index (χ3n) is 0.218. The third kappa shape index (κ3) is 4.73. The van der Waals surface area contributed by atoms with Crippen LogP contribution in [0.4, 0.5) is 0 Å². The fourth-order valence-electron chi connectivity index (χ4n) is 0. The number of nitrogens with one attached hydrogen (secondary N) is 1. The number of alkyl halides is 2. The first-order valence-corrected chi connectivity index (χ1v) is 2.58. The van der Waals surface area contributed by atoms with Crippen molar-refractivity contribution in [2.45, 2.75) is 4.41 Å². The molecule has 5 heavy (non-hydrogen) atoms. The van der Waals surface area contributed by atoms with Gasteiger partial charge in [-0.05, 0) is 7.05 Å². The summed E-state index contributed by atoms with van der Waals surface area (Å²) in [5.41, 5.74) is 0. The summed E-state index contributed by atoms with van der Waals surface area (Å²) in [7, 11) is 1.77. The lowest BCUT2D eigenvalue weighted by Crippen LogP contribution is -2.09. The molecule has 0 saturated carbocycles. The molecule has 3 heteroatoms. The van der Waals surface area contributed by atoms with Crippen LogP contribution in [-0.4, -0.2) is 11.5 Å². The summed E-state index contributed by atoms with van der Waals surface area (Å²) in [6.45, 7) is 0.